The lowest BCUT2D eigenvalue weighted by atomic mass is 10.2. The third-order valence-electron chi connectivity index (χ3n) is 3.23. The fourth-order valence-electron chi connectivity index (χ4n) is 2.01. The van der Waals surface area contributed by atoms with E-state index in [1.807, 2.05) is 0 Å². The van der Waals surface area contributed by atoms with Gasteiger partial charge in [-0.3, -0.25) is 0 Å². The van der Waals surface area contributed by atoms with Gasteiger partial charge in [0, 0.05) is 23.3 Å². The van der Waals surface area contributed by atoms with Crippen molar-refractivity contribution in [3.8, 4) is 11.5 Å². The standard InChI is InChI=1S/C20H16O7/c1-25-19(23)13-11-15-7-3-5-9-17(15)27-20(24)26-16-8-4-2-6-14(16)10-12-18(21)22/h2-13H,1H3,(H,21,22)/b12-10+,13-11+. The van der Waals surface area contributed by atoms with E-state index in [0.717, 1.165) is 6.08 Å². The molecular weight excluding hydrogens is 352 g/mol. The number of rotatable bonds is 6. The Kier molecular flexibility index (Phi) is 6.90. The quantitative estimate of drug-likeness (QED) is 0.473. The maximum Gasteiger partial charge on any atom is 0.519 e. The van der Waals surface area contributed by atoms with Crippen LogP contribution in [0.1, 0.15) is 11.1 Å². The molecular formula is C20H16O7. The van der Waals surface area contributed by atoms with Gasteiger partial charge in [-0.05, 0) is 24.3 Å². The monoisotopic (exact) mass is 368 g/mol. The largest absolute Gasteiger partial charge is 0.519 e. The zero-order valence-corrected chi connectivity index (χ0v) is 14.3. The lowest BCUT2D eigenvalue weighted by Gasteiger charge is -2.09. The number of ether oxygens (including phenoxy) is 3. The van der Waals surface area contributed by atoms with Crippen molar-refractivity contribution >= 4 is 30.2 Å². The fourth-order valence-corrected chi connectivity index (χ4v) is 2.01. The third kappa shape index (κ3) is 6.17. The van der Waals surface area contributed by atoms with E-state index in [1.54, 1.807) is 36.4 Å². The van der Waals surface area contributed by atoms with Gasteiger partial charge in [0.05, 0.1) is 7.11 Å². The molecule has 0 aliphatic rings. The van der Waals surface area contributed by atoms with Crippen LogP contribution in [0, 0.1) is 0 Å². The zero-order valence-electron chi connectivity index (χ0n) is 14.3. The molecule has 0 heterocycles. The Morgan fingerprint density at radius 3 is 1.78 bits per heavy atom. The Hall–Kier alpha value is -3.87. The number of carboxylic acid groups (broad SMARTS) is 1. The van der Waals surface area contributed by atoms with Gasteiger partial charge in [-0.1, -0.05) is 36.4 Å². The molecule has 1 N–H and O–H groups in total. The van der Waals surface area contributed by atoms with E-state index in [0.29, 0.717) is 11.1 Å². The summed E-state index contributed by atoms with van der Waals surface area (Å²) in [7, 11) is 1.25. The molecule has 0 saturated carbocycles. The summed E-state index contributed by atoms with van der Waals surface area (Å²) in [6.45, 7) is 0. The average molecular weight is 368 g/mol. The van der Waals surface area contributed by atoms with Crippen LogP contribution in [0.3, 0.4) is 0 Å². The Labute approximate surface area is 155 Å². The van der Waals surface area contributed by atoms with Crippen LogP contribution < -0.4 is 9.47 Å². The lowest BCUT2D eigenvalue weighted by Crippen LogP contribution is -2.15. The highest BCUT2D eigenvalue weighted by molar-refractivity contribution is 5.88. The van der Waals surface area contributed by atoms with Gasteiger partial charge in [0.1, 0.15) is 11.5 Å². The van der Waals surface area contributed by atoms with Gasteiger partial charge in [0.25, 0.3) is 0 Å². The van der Waals surface area contributed by atoms with Crippen molar-refractivity contribution in [2.75, 3.05) is 7.11 Å². The van der Waals surface area contributed by atoms with Crippen LogP contribution in [-0.2, 0) is 14.3 Å². The molecule has 0 unspecified atom stereocenters. The topological polar surface area (TPSA) is 99.1 Å². The minimum absolute atomic E-state index is 0.141. The Balaban J connectivity index is 2.15. The molecule has 138 valence electrons. The second-order valence-electron chi connectivity index (χ2n) is 5.06. The highest BCUT2D eigenvalue weighted by atomic mass is 16.7. The maximum absolute atomic E-state index is 12.1. The van der Waals surface area contributed by atoms with Crippen LogP contribution in [0.25, 0.3) is 12.2 Å². The molecule has 0 aromatic heterocycles. The molecule has 0 amide bonds. The summed E-state index contributed by atoms with van der Waals surface area (Å²) >= 11 is 0. The predicted molar refractivity (Wildman–Crippen MR) is 97.3 cm³/mol. The summed E-state index contributed by atoms with van der Waals surface area (Å²) in [6, 6.07) is 12.9. The number of methoxy groups -OCH3 is 1. The first-order valence-electron chi connectivity index (χ1n) is 7.74. The molecule has 0 spiro atoms. The number of hydrogen-bond donors (Lipinski definition) is 1. The minimum atomic E-state index is -1.13. The van der Waals surface area contributed by atoms with Gasteiger partial charge in [-0.2, -0.15) is 0 Å². The van der Waals surface area contributed by atoms with Crippen molar-refractivity contribution < 1.29 is 33.7 Å². The normalized spacial score (nSPS) is 10.7. The van der Waals surface area contributed by atoms with E-state index in [-0.39, 0.29) is 11.5 Å². The number of aliphatic carboxylic acids is 1. The molecule has 2 rings (SSSR count). The van der Waals surface area contributed by atoms with Crippen LogP contribution in [0.2, 0.25) is 0 Å². The zero-order chi connectivity index (χ0) is 19.6. The Morgan fingerprint density at radius 1 is 0.815 bits per heavy atom. The first-order valence-corrected chi connectivity index (χ1v) is 7.74. The number of esters is 1. The van der Waals surface area contributed by atoms with Gasteiger partial charge >= 0.3 is 18.1 Å². The summed E-state index contributed by atoms with van der Waals surface area (Å²) in [5.74, 6) is -1.35. The van der Waals surface area contributed by atoms with Crippen molar-refractivity contribution in [3.05, 3.63) is 71.8 Å². The summed E-state index contributed by atoms with van der Waals surface area (Å²) < 4.78 is 14.9. The van der Waals surface area contributed by atoms with E-state index in [4.69, 9.17) is 14.6 Å². The summed E-state index contributed by atoms with van der Waals surface area (Å²) in [5, 5.41) is 8.72. The molecule has 0 saturated heterocycles. The van der Waals surface area contributed by atoms with Gasteiger partial charge in [0.2, 0.25) is 0 Å². The molecule has 0 atom stereocenters. The molecule has 7 heteroatoms. The first-order chi connectivity index (χ1) is 13.0. The predicted octanol–water partition coefficient (Wildman–Crippen LogP) is 3.55. The summed E-state index contributed by atoms with van der Waals surface area (Å²) in [5.41, 5.74) is 0.870. The number of hydrogen-bond acceptors (Lipinski definition) is 6. The minimum Gasteiger partial charge on any atom is -0.478 e. The van der Waals surface area contributed by atoms with Gasteiger partial charge in [-0.25, -0.2) is 14.4 Å². The van der Waals surface area contributed by atoms with Crippen LogP contribution in [-0.4, -0.2) is 30.3 Å². The summed E-state index contributed by atoms with van der Waals surface area (Å²) in [4.78, 5) is 34.0. The van der Waals surface area contributed by atoms with E-state index in [9.17, 15) is 14.4 Å². The fraction of sp³-hybridized carbons (Fsp3) is 0.0500. The molecule has 2 aromatic carbocycles. The van der Waals surface area contributed by atoms with E-state index in [2.05, 4.69) is 4.74 Å². The van der Waals surface area contributed by atoms with Crippen LogP contribution in [0.15, 0.2) is 60.7 Å². The molecule has 0 aliphatic carbocycles. The number of benzene rings is 2. The van der Waals surface area contributed by atoms with Crippen molar-refractivity contribution in [2.24, 2.45) is 0 Å². The van der Waals surface area contributed by atoms with Crippen LogP contribution >= 0.6 is 0 Å². The molecule has 27 heavy (non-hydrogen) atoms. The number of carbonyl (C=O) groups is 3. The van der Waals surface area contributed by atoms with Crippen molar-refractivity contribution in [3.63, 3.8) is 0 Å². The SMILES string of the molecule is COC(=O)/C=C/c1ccccc1OC(=O)Oc1ccccc1/C=C/C(=O)O. The van der Waals surface area contributed by atoms with E-state index in [1.165, 1.54) is 37.5 Å². The Morgan fingerprint density at radius 2 is 1.30 bits per heavy atom. The first kappa shape index (κ1) is 19.5. The Bertz CT molecular complexity index is 897. The molecule has 2 aromatic rings. The van der Waals surface area contributed by atoms with Crippen molar-refractivity contribution in [1.29, 1.82) is 0 Å². The molecule has 0 fully saturated rings. The number of para-hydroxylation sites is 2. The second-order valence-corrected chi connectivity index (χ2v) is 5.06. The van der Waals surface area contributed by atoms with Gasteiger partial charge in [0.15, 0.2) is 0 Å². The molecule has 7 nitrogen and oxygen atoms in total. The molecule has 0 aliphatic heterocycles. The average Bonchev–Trinajstić information content (AvgIpc) is 2.66. The van der Waals surface area contributed by atoms with Crippen molar-refractivity contribution in [2.45, 2.75) is 0 Å². The van der Waals surface area contributed by atoms with Gasteiger partial charge in [-0.15, -0.1) is 0 Å². The van der Waals surface area contributed by atoms with Crippen molar-refractivity contribution in [1.82, 2.24) is 0 Å². The van der Waals surface area contributed by atoms with E-state index >= 15 is 0 Å². The highest BCUT2D eigenvalue weighted by Crippen LogP contribution is 2.23. The van der Waals surface area contributed by atoms with Crippen LogP contribution in [0.4, 0.5) is 4.79 Å². The summed E-state index contributed by atoms with van der Waals surface area (Å²) in [6.07, 6.45) is 3.86. The number of carboxylic acids is 1. The molecule has 0 radical (unpaired) electrons. The van der Waals surface area contributed by atoms with E-state index < -0.39 is 18.1 Å². The third-order valence-corrected chi connectivity index (χ3v) is 3.23. The lowest BCUT2D eigenvalue weighted by molar-refractivity contribution is -0.135. The van der Waals surface area contributed by atoms with Crippen LogP contribution in [0.5, 0.6) is 11.5 Å². The second kappa shape index (κ2) is 9.57. The maximum atomic E-state index is 12.1. The number of carbonyl (C=O) groups excluding carboxylic acids is 2. The smallest absolute Gasteiger partial charge is 0.478 e. The highest BCUT2D eigenvalue weighted by Gasteiger charge is 2.12. The van der Waals surface area contributed by atoms with Gasteiger partial charge < -0.3 is 19.3 Å². The molecule has 0 bridgehead atoms.